The lowest BCUT2D eigenvalue weighted by molar-refractivity contribution is 0.208. The molecule has 82 valence electrons. The fourth-order valence-corrected chi connectivity index (χ4v) is 1.42. The Bertz CT molecular complexity index is 205. The molecule has 0 aromatic carbocycles. The highest BCUT2D eigenvalue weighted by Gasteiger charge is 2.19. The van der Waals surface area contributed by atoms with E-state index >= 15 is 0 Å². The van der Waals surface area contributed by atoms with Gasteiger partial charge in [-0.2, -0.15) is 5.26 Å². The van der Waals surface area contributed by atoms with Crippen LogP contribution in [0.5, 0.6) is 0 Å². The summed E-state index contributed by atoms with van der Waals surface area (Å²) < 4.78 is 0. The van der Waals surface area contributed by atoms with E-state index in [4.69, 9.17) is 5.26 Å². The second kappa shape index (κ2) is 4.79. The molecule has 0 rings (SSSR count). The molecule has 0 aliphatic rings. The van der Waals surface area contributed by atoms with E-state index in [-0.39, 0.29) is 5.41 Å². The molecule has 0 saturated carbocycles. The zero-order chi connectivity index (χ0) is 11.4. The molecule has 0 N–H and O–H groups in total. The van der Waals surface area contributed by atoms with Gasteiger partial charge in [0.15, 0.2) is 0 Å². The molecule has 0 fully saturated rings. The Morgan fingerprint density at radius 2 is 1.64 bits per heavy atom. The smallest absolute Gasteiger partial charge is 0.0684 e. The Kier molecular flexibility index (Phi) is 4.61. The van der Waals surface area contributed by atoms with Crippen molar-refractivity contribution >= 4 is 0 Å². The molecule has 2 nitrogen and oxygen atoms in total. The minimum Gasteiger partial charge on any atom is -0.306 e. The molecule has 0 aliphatic heterocycles. The summed E-state index contributed by atoms with van der Waals surface area (Å²) in [5.74, 6) is 0. The molecule has 0 aromatic rings. The second-order valence-electron chi connectivity index (χ2n) is 6.04. The molecule has 0 radical (unpaired) electrons. The molecular formula is C12H24N2. The van der Waals surface area contributed by atoms with Crippen LogP contribution >= 0.6 is 0 Å². The summed E-state index contributed by atoms with van der Waals surface area (Å²) in [4.78, 5) is 2.30. The molecular weight excluding hydrogens is 172 g/mol. The first-order valence-electron chi connectivity index (χ1n) is 5.26. The van der Waals surface area contributed by atoms with Crippen LogP contribution in [0.15, 0.2) is 0 Å². The first kappa shape index (κ1) is 13.4. The van der Waals surface area contributed by atoms with Gasteiger partial charge in [-0.25, -0.2) is 0 Å². The monoisotopic (exact) mass is 196 g/mol. The van der Waals surface area contributed by atoms with Crippen LogP contribution in [0.4, 0.5) is 0 Å². The molecule has 0 atom stereocenters. The number of hydrogen-bond donors (Lipinski definition) is 0. The summed E-state index contributed by atoms with van der Waals surface area (Å²) in [5.41, 5.74) is 0.150. The van der Waals surface area contributed by atoms with Crippen molar-refractivity contribution in [2.24, 2.45) is 10.8 Å². The molecule has 2 heteroatoms. The van der Waals surface area contributed by atoms with Crippen molar-refractivity contribution < 1.29 is 0 Å². The Balaban J connectivity index is 3.88. The van der Waals surface area contributed by atoms with Crippen molar-refractivity contribution in [2.75, 3.05) is 20.1 Å². The average molecular weight is 196 g/mol. The Labute approximate surface area is 88.9 Å². The van der Waals surface area contributed by atoms with E-state index < -0.39 is 0 Å². The number of rotatable bonds is 4. The summed E-state index contributed by atoms with van der Waals surface area (Å²) in [6.07, 6.45) is 0.941. The van der Waals surface area contributed by atoms with Crippen LogP contribution in [0.3, 0.4) is 0 Å². The zero-order valence-electron chi connectivity index (χ0n) is 10.5. The zero-order valence-corrected chi connectivity index (χ0v) is 10.5. The topological polar surface area (TPSA) is 27.0 Å². The van der Waals surface area contributed by atoms with E-state index in [9.17, 15) is 0 Å². The maximum Gasteiger partial charge on any atom is 0.0684 e. The van der Waals surface area contributed by atoms with Crippen LogP contribution in [0, 0.1) is 22.2 Å². The summed E-state index contributed by atoms with van der Waals surface area (Å²) >= 11 is 0. The summed E-state index contributed by atoms with van der Waals surface area (Å²) in [5, 5.41) is 8.87. The van der Waals surface area contributed by atoms with Gasteiger partial charge in [-0.15, -0.1) is 0 Å². The van der Waals surface area contributed by atoms with Gasteiger partial charge < -0.3 is 4.90 Å². The Hall–Kier alpha value is -0.550. The van der Waals surface area contributed by atoms with Gasteiger partial charge in [-0.3, -0.25) is 0 Å². The van der Waals surface area contributed by atoms with Gasteiger partial charge in [-0.1, -0.05) is 20.8 Å². The van der Waals surface area contributed by atoms with Crippen LogP contribution in [0.25, 0.3) is 0 Å². The summed E-state index contributed by atoms with van der Waals surface area (Å²) in [7, 11) is 2.12. The molecule has 0 bridgehead atoms. The largest absolute Gasteiger partial charge is 0.306 e. The molecule has 0 aliphatic carbocycles. The number of nitriles is 1. The van der Waals surface area contributed by atoms with E-state index in [0.717, 1.165) is 19.5 Å². The van der Waals surface area contributed by atoms with E-state index in [1.54, 1.807) is 0 Å². The lowest BCUT2D eigenvalue weighted by Crippen LogP contribution is -2.31. The van der Waals surface area contributed by atoms with Gasteiger partial charge in [0.25, 0.3) is 0 Å². The average Bonchev–Trinajstić information content (AvgIpc) is 1.98. The molecule has 0 unspecified atom stereocenters. The van der Waals surface area contributed by atoms with E-state index in [1.807, 2.05) is 13.8 Å². The standard InChI is InChI=1S/C12H24N2/c1-11(2,3)10-14(6)8-7-12(4,5)9-13/h7-8,10H2,1-6H3. The third kappa shape index (κ3) is 6.91. The van der Waals surface area contributed by atoms with Gasteiger partial charge in [-0.05, 0) is 39.3 Å². The molecule has 0 aromatic heterocycles. The molecule has 0 spiro atoms. The van der Waals surface area contributed by atoms with Gasteiger partial charge in [0, 0.05) is 6.54 Å². The van der Waals surface area contributed by atoms with Crippen molar-refractivity contribution in [3.05, 3.63) is 0 Å². The van der Waals surface area contributed by atoms with Crippen molar-refractivity contribution in [3.8, 4) is 6.07 Å². The third-order valence-electron chi connectivity index (χ3n) is 2.17. The van der Waals surface area contributed by atoms with Crippen molar-refractivity contribution in [3.63, 3.8) is 0 Å². The van der Waals surface area contributed by atoms with E-state index in [1.165, 1.54) is 0 Å². The normalized spacial score (nSPS) is 13.0. The van der Waals surface area contributed by atoms with Crippen molar-refractivity contribution in [2.45, 2.75) is 41.0 Å². The summed E-state index contributed by atoms with van der Waals surface area (Å²) in [6.45, 7) is 12.8. The van der Waals surface area contributed by atoms with E-state index in [0.29, 0.717) is 5.41 Å². The van der Waals surface area contributed by atoms with Gasteiger partial charge in [0.1, 0.15) is 0 Å². The lowest BCUT2D eigenvalue weighted by Gasteiger charge is -2.28. The molecule has 0 saturated heterocycles. The first-order chi connectivity index (χ1) is 6.16. The van der Waals surface area contributed by atoms with Crippen LogP contribution in [0.1, 0.15) is 41.0 Å². The minimum absolute atomic E-state index is 0.188. The van der Waals surface area contributed by atoms with Gasteiger partial charge in [0.2, 0.25) is 0 Å². The third-order valence-corrected chi connectivity index (χ3v) is 2.17. The highest BCUT2D eigenvalue weighted by Crippen LogP contribution is 2.20. The predicted molar refractivity (Wildman–Crippen MR) is 61.0 cm³/mol. The minimum atomic E-state index is -0.188. The number of hydrogen-bond acceptors (Lipinski definition) is 2. The van der Waals surface area contributed by atoms with Crippen LogP contribution in [0.2, 0.25) is 0 Å². The highest BCUT2D eigenvalue weighted by atomic mass is 15.1. The predicted octanol–water partition coefficient (Wildman–Crippen LogP) is 2.90. The van der Waals surface area contributed by atoms with Crippen LogP contribution in [-0.2, 0) is 0 Å². The maximum atomic E-state index is 8.87. The maximum absolute atomic E-state index is 8.87. The lowest BCUT2D eigenvalue weighted by atomic mass is 9.90. The Morgan fingerprint density at radius 1 is 1.14 bits per heavy atom. The fourth-order valence-electron chi connectivity index (χ4n) is 1.42. The van der Waals surface area contributed by atoms with Crippen LogP contribution < -0.4 is 0 Å². The highest BCUT2D eigenvalue weighted by molar-refractivity contribution is 4.92. The molecule has 0 amide bonds. The summed E-state index contributed by atoms with van der Waals surface area (Å²) in [6, 6.07) is 2.33. The second-order valence-corrected chi connectivity index (χ2v) is 6.04. The Morgan fingerprint density at radius 3 is 2.00 bits per heavy atom. The van der Waals surface area contributed by atoms with Crippen LogP contribution in [-0.4, -0.2) is 25.0 Å². The van der Waals surface area contributed by atoms with Gasteiger partial charge >= 0.3 is 0 Å². The van der Waals surface area contributed by atoms with Gasteiger partial charge in [0.05, 0.1) is 11.5 Å². The first-order valence-corrected chi connectivity index (χ1v) is 5.26. The molecule has 14 heavy (non-hydrogen) atoms. The van der Waals surface area contributed by atoms with Crippen molar-refractivity contribution in [1.82, 2.24) is 4.90 Å². The molecule has 0 heterocycles. The fraction of sp³-hybridized carbons (Fsp3) is 0.917. The van der Waals surface area contributed by atoms with E-state index in [2.05, 4.69) is 38.8 Å². The SMILES string of the molecule is CN(CCC(C)(C)C#N)CC(C)(C)C. The quantitative estimate of drug-likeness (QED) is 0.691. The van der Waals surface area contributed by atoms with Crippen molar-refractivity contribution in [1.29, 1.82) is 5.26 Å². The number of nitrogens with zero attached hydrogens (tertiary/aromatic N) is 2.